The zero-order chi connectivity index (χ0) is 14.8. The fourth-order valence-corrected chi connectivity index (χ4v) is 2.16. The summed E-state index contributed by atoms with van der Waals surface area (Å²) in [7, 11) is 1.64. The summed E-state index contributed by atoms with van der Waals surface area (Å²) < 4.78 is 12.2. The molecule has 3 nitrogen and oxygen atoms in total. The molecule has 1 aromatic rings. The van der Waals surface area contributed by atoms with E-state index in [4.69, 9.17) is 9.31 Å². The minimum atomic E-state index is -0.304. The molecule has 1 aliphatic heterocycles. The molecule has 20 heavy (non-hydrogen) atoms. The van der Waals surface area contributed by atoms with Gasteiger partial charge in [0.2, 0.25) is 0 Å². The van der Waals surface area contributed by atoms with E-state index in [2.05, 4.69) is 51.2 Å². The number of nitrogens with one attached hydrogen (secondary N) is 1. The maximum Gasteiger partial charge on any atom is 0.491 e. The van der Waals surface area contributed by atoms with E-state index in [-0.39, 0.29) is 18.3 Å². The molecule has 1 aliphatic rings. The molecule has 108 valence electrons. The quantitative estimate of drug-likeness (QED) is 0.856. The SMILES string of the molecule is CNCC(=Cc1ccccc1)B1OC(C)(C)C(C)(C)O1. The van der Waals surface area contributed by atoms with Gasteiger partial charge in [0, 0.05) is 6.54 Å². The molecule has 1 saturated heterocycles. The maximum absolute atomic E-state index is 6.12. The number of benzene rings is 1. The first kappa shape index (κ1) is 15.3. The fourth-order valence-electron chi connectivity index (χ4n) is 2.16. The Kier molecular flexibility index (Phi) is 4.38. The van der Waals surface area contributed by atoms with Crippen molar-refractivity contribution >= 4 is 13.2 Å². The van der Waals surface area contributed by atoms with Crippen molar-refractivity contribution < 1.29 is 9.31 Å². The van der Waals surface area contributed by atoms with Crippen LogP contribution in [0.25, 0.3) is 6.08 Å². The van der Waals surface area contributed by atoms with Gasteiger partial charge in [-0.05, 0) is 45.8 Å². The third-order valence-corrected chi connectivity index (χ3v) is 4.09. The van der Waals surface area contributed by atoms with Crippen LogP contribution in [0, 0.1) is 0 Å². The molecule has 1 N–H and O–H groups in total. The molecule has 0 bridgehead atoms. The van der Waals surface area contributed by atoms with Gasteiger partial charge in [-0.1, -0.05) is 36.4 Å². The van der Waals surface area contributed by atoms with Crippen molar-refractivity contribution in [3.8, 4) is 0 Å². The zero-order valence-electron chi connectivity index (χ0n) is 13.1. The Morgan fingerprint density at radius 3 is 2.15 bits per heavy atom. The lowest BCUT2D eigenvalue weighted by Gasteiger charge is -2.32. The van der Waals surface area contributed by atoms with Gasteiger partial charge in [-0.3, -0.25) is 0 Å². The van der Waals surface area contributed by atoms with Crippen LogP contribution in [0.3, 0.4) is 0 Å². The Morgan fingerprint density at radius 1 is 1.10 bits per heavy atom. The molecule has 0 aliphatic carbocycles. The average Bonchev–Trinajstić information content (AvgIpc) is 2.59. The van der Waals surface area contributed by atoms with Gasteiger partial charge in [-0.2, -0.15) is 0 Å². The summed E-state index contributed by atoms with van der Waals surface area (Å²) >= 11 is 0. The van der Waals surface area contributed by atoms with Crippen molar-refractivity contribution in [2.24, 2.45) is 0 Å². The number of hydrogen-bond acceptors (Lipinski definition) is 3. The van der Waals surface area contributed by atoms with Crippen LogP contribution in [0.4, 0.5) is 0 Å². The van der Waals surface area contributed by atoms with Crippen LogP contribution < -0.4 is 5.32 Å². The first-order chi connectivity index (χ1) is 9.36. The Balaban J connectivity index is 2.25. The van der Waals surface area contributed by atoms with Crippen LogP contribution in [-0.4, -0.2) is 31.9 Å². The fraction of sp³-hybridized carbons (Fsp3) is 0.500. The molecule has 0 unspecified atom stereocenters. The van der Waals surface area contributed by atoms with Crippen molar-refractivity contribution in [3.63, 3.8) is 0 Å². The summed E-state index contributed by atoms with van der Waals surface area (Å²) in [5.41, 5.74) is 1.66. The third-order valence-electron chi connectivity index (χ3n) is 4.09. The van der Waals surface area contributed by atoms with Gasteiger partial charge in [0.15, 0.2) is 0 Å². The summed E-state index contributed by atoms with van der Waals surface area (Å²) in [5, 5.41) is 3.19. The Labute approximate surface area is 122 Å². The standard InChI is InChI=1S/C16H24BNO2/c1-15(2)16(3,4)20-17(19-15)14(12-18-5)11-13-9-7-6-8-10-13/h6-11,18H,12H2,1-5H3. The highest BCUT2D eigenvalue weighted by Crippen LogP contribution is 2.38. The Bertz CT molecular complexity index is 467. The summed E-state index contributed by atoms with van der Waals surface area (Å²) in [6.45, 7) is 9.05. The van der Waals surface area contributed by atoms with Crippen LogP contribution in [0.2, 0.25) is 0 Å². The topological polar surface area (TPSA) is 30.5 Å². The van der Waals surface area contributed by atoms with Crippen LogP contribution in [0.1, 0.15) is 33.3 Å². The van der Waals surface area contributed by atoms with Crippen LogP contribution in [0.5, 0.6) is 0 Å². The zero-order valence-corrected chi connectivity index (χ0v) is 13.1. The lowest BCUT2D eigenvalue weighted by molar-refractivity contribution is 0.00578. The molecule has 0 radical (unpaired) electrons. The molecule has 0 spiro atoms. The molecular weight excluding hydrogens is 249 g/mol. The van der Waals surface area contributed by atoms with Gasteiger partial charge < -0.3 is 14.6 Å². The lowest BCUT2D eigenvalue weighted by Crippen LogP contribution is -2.41. The van der Waals surface area contributed by atoms with Crippen molar-refractivity contribution in [2.45, 2.75) is 38.9 Å². The predicted octanol–water partition coefficient (Wildman–Crippen LogP) is 2.92. The van der Waals surface area contributed by atoms with Crippen LogP contribution in [0.15, 0.2) is 35.8 Å². The minimum absolute atomic E-state index is 0.298. The molecule has 0 aromatic heterocycles. The van der Waals surface area contributed by atoms with E-state index in [1.54, 1.807) is 0 Å². The predicted molar refractivity (Wildman–Crippen MR) is 84.4 cm³/mol. The van der Waals surface area contributed by atoms with Gasteiger partial charge in [-0.15, -0.1) is 0 Å². The summed E-state index contributed by atoms with van der Waals surface area (Å²) in [6, 6.07) is 10.3. The van der Waals surface area contributed by atoms with E-state index in [0.29, 0.717) is 0 Å². The molecule has 1 fully saturated rings. The molecule has 1 aromatic carbocycles. The molecule has 4 heteroatoms. The van der Waals surface area contributed by atoms with E-state index in [1.165, 1.54) is 0 Å². The molecule has 0 saturated carbocycles. The van der Waals surface area contributed by atoms with Crippen molar-refractivity contribution in [3.05, 3.63) is 41.4 Å². The van der Waals surface area contributed by atoms with Gasteiger partial charge >= 0.3 is 7.12 Å². The van der Waals surface area contributed by atoms with Gasteiger partial charge in [0.05, 0.1) is 11.2 Å². The van der Waals surface area contributed by atoms with E-state index in [0.717, 1.165) is 17.6 Å². The number of hydrogen-bond donors (Lipinski definition) is 1. The van der Waals surface area contributed by atoms with Gasteiger partial charge in [0.1, 0.15) is 0 Å². The van der Waals surface area contributed by atoms with E-state index in [1.807, 2.05) is 25.2 Å². The highest BCUT2D eigenvalue weighted by atomic mass is 16.7. The van der Waals surface area contributed by atoms with Gasteiger partial charge in [-0.25, -0.2) is 0 Å². The second kappa shape index (κ2) is 5.72. The van der Waals surface area contributed by atoms with Gasteiger partial charge in [0.25, 0.3) is 0 Å². The summed E-state index contributed by atoms with van der Waals surface area (Å²) in [4.78, 5) is 0. The second-order valence-corrected chi connectivity index (χ2v) is 6.25. The number of rotatable bonds is 4. The number of likely N-dealkylation sites (N-methyl/N-ethyl adjacent to an activating group) is 1. The monoisotopic (exact) mass is 273 g/mol. The highest BCUT2D eigenvalue weighted by Gasteiger charge is 2.52. The highest BCUT2D eigenvalue weighted by molar-refractivity contribution is 6.55. The third kappa shape index (κ3) is 3.14. The average molecular weight is 273 g/mol. The largest absolute Gasteiger partial charge is 0.491 e. The van der Waals surface area contributed by atoms with Crippen LogP contribution in [-0.2, 0) is 9.31 Å². The molecule has 0 atom stereocenters. The Morgan fingerprint density at radius 2 is 1.65 bits per heavy atom. The molecular formula is C16H24BNO2. The summed E-state index contributed by atoms with van der Waals surface area (Å²) in [5.74, 6) is 0. The Hall–Kier alpha value is -1.10. The smallest absolute Gasteiger partial charge is 0.400 e. The normalized spacial score (nSPS) is 21.2. The van der Waals surface area contributed by atoms with Crippen molar-refractivity contribution in [1.29, 1.82) is 0 Å². The molecule has 0 amide bonds. The van der Waals surface area contributed by atoms with E-state index < -0.39 is 0 Å². The first-order valence-corrected chi connectivity index (χ1v) is 7.11. The first-order valence-electron chi connectivity index (χ1n) is 7.11. The molecule has 1 heterocycles. The van der Waals surface area contributed by atoms with E-state index >= 15 is 0 Å². The van der Waals surface area contributed by atoms with Crippen molar-refractivity contribution in [1.82, 2.24) is 5.32 Å². The minimum Gasteiger partial charge on any atom is -0.400 e. The second-order valence-electron chi connectivity index (χ2n) is 6.25. The molecule has 2 rings (SSSR count). The van der Waals surface area contributed by atoms with E-state index in [9.17, 15) is 0 Å². The summed E-state index contributed by atoms with van der Waals surface area (Å²) in [6.07, 6.45) is 2.14. The van der Waals surface area contributed by atoms with Crippen LogP contribution >= 0.6 is 0 Å². The lowest BCUT2D eigenvalue weighted by atomic mass is 9.77. The van der Waals surface area contributed by atoms with Crippen molar-refractivity contribution in [2.75, 3.05) is 13.6 Å². The maximum atomic E-state index is 6.12.